The topological polar surface area (TPSA) is 85.1 Å². The molecule has 5 nitrogen and oxygen atoms in total. The molecule has 1 unspecified atom stereocenters. The first kappa shape index (κ1) is 17.4. The number of carbonyl (C=O) groups is 2. The molecule has 1 saturated heterocycles. The minimum Gasteiger partial charge on any atom is -0.365 e. The highest BCUT2D eigenvalue weighted by Crippen LogP contribution is 2.28. The number of amides is 2. The Morgan fingerprint density at radius 3 is 2.65 bits per heavy atom. The van der Waals surface area contributed by atoms with Crippen LogP contribution in [0.1, 0.15) is 23.0 Å². The largest absolute Gasteiger partial charge is 0.365 e. The van der Waals surface area contributed by atoms with Gasteiger partial charge in [-0.2, -0.15) is 0 Å². The van der Waals surface area contributed by atoms with Gasteiger partial charge in [-0.15, -0.1) is 11.3 Å². The number of primary amides is 1. The molecule has 8 heteroatoms. The number of rotatable bonds is 2. The Bertz CT molecular complexity index is 715. The Balaban J connectivity index is 0.000000229. The molecule has 23 heavy (non-hydrogen) atoms. The smallest absolute Gasteiger partial charge is 0.260 e. The van der Waals surface area contributed by atoms with Crippen molar-refractivity contribution < 1.29 is 14.0 Å². The van der Waals surface area contributed by atoms with Gasteiger partial charge < -0.3 is 11.1 Å². The van der Waals surface area contributed by atoms with E-state index in [9.17, 15) is 14.0 Å². The van der Waals surface area contributed by atoms with Gasteiger partial charge in [0.25, 0.3) is 5.91 Å². The van der Waals surface area contributed by atoms with Crippen LogP contribution >= 0.6 is 22.9 Å². The highest BCUT2D eigenvalue weighted by molar-refractivity contribution is 7.16. The maximum absolute atomic E-state index is 13.1. The number of nitrogens with one attached hydrogen (secondary N) is 1. The van der Waals surface area contributed by atoms with E-state index in [0.29, 0.717) is 21.4 Å². The van der Waals surface area contributed by atoms with Gasteiger partial charge in [0, 0.05) is 23.6 Å². The molecule has 0 spiro atoms. The minimum atomic E-state index is -0.550. The van der Waals surface area contributed by atoms with Crippen molar-refractivity contribution in [2.75, 3.05) is 6.54 Å². The molecule has 0 bridgehead atoms. The summed E-state index contributed by atoms with van der Waals surface area (Å²) in [5.74, 6) is -0.232. The lowest BCUT2D eigenvalue weighted by molar-refractivity contribution is -0.119. The molecule has 1 aliphatic heterocycles. The maximum atomic E-state index is 13.1. The van der Waals surface area contributed by atoms with Gasteiger partial charge in [0.2, 0.25) is 5.91 Å². The highest BCUT2D eigenvalue weighted by atomic mass is 35.5. The molecule has 1 fully saturated rings. The van der Waals surface area contributed by atoms with Gasteiger partial charge in [0.1, 0.15) is 15.7 Å². The predicted molar refractivity (Wildman–Crippen MR) is 87.8 cm³/mol. The molecular weight excluding hydrogens is 341 g/mol. The van der Waals surface area contributed by atoms with Crippen molar-refractivity contribution in [2.24, 2.45) is 11.7 Å². The van der Waals surface area contributed by atoms with Crippen LogP contribution in [0.4, 0.5) is 4.39 Å². The number of halogens is 2. The van der Waals surface area contributed by atoms with Crippen molar-refractivity contribution in [3.05, 3.63) is 40.1 Å². The number of nitrogens with two attached hydrogens (primary N) is 1. The molecular formula is C15H15ClFN3O2S. The molecule has 1 aromatic carbocycles. The molecule has 0 radical (unpaired) electrons. The van der Waals surface area contributed by atoms with Gasteiger partial charge in [-0.3, -0.25) is 9.59 Å². The average molecular weight is 356 g/mol. The predicted octanol–water partition coefficient (Wildman–Crippen LogP) is 2.84. The van der Waals surface area contributed by atoms with Gasteiger partial charge in [0.15, 0.2) is 0 Å². The molecule has 2 aromatic rings. The third-order valence-corrected chi connectivity index (χ3v) is 4.32. The third-order valence-electron chi connectivity index (χ3n) is 3.04. The summed E-state index contributed by atoms with van der Waals surface area (Å²) in [6.45, 7) is 2.94. The fourth-order valence-electron chi connectivity index (χ4n) is 1.95. The zero-order valence-corrected chi connectivity index (χ0v) is 13.9. The summed E-state index contributed by atoms with van der Waals surface area (Å²) in [4.78, 5) is 25.5. The molecule has 1 atom stereocenters. The average Bonchev–Trinajstić information content (AvgIpc) is 3.07. The first-order valence-corrected chi connectivity index (χ1v) is 8.03. The van der Waals surface area contributed by atoms with E-state index in [0.717, 1.165) is 24.3 Å². The number of thiazole rings is 1. The molecule has 3 rings (SSSR count). The number of hydrogen-bond acceptors (Lipinski definition) is 4. The van der Waals surface area contributed by atoms with E-state index in [1.54, 1.807) is 6.07 Å². The van der Waals surface area contributed by atoms with E-state index >= 15 is 0 Å². The Labute approximate surface area is 141 Å². The third kappa shape index (κ3) is 5.01. The molecule has 3 N–H and O–H groups in total. The summed E-state index contributed by atoms with van der Waals surface area (Å²) in [7, 11) is 0. The van der Waals surface area contributed by atoms with Crippen LogP contribution in [0.3, 0.4) is 0 Å². The molecule has 122 valence electrons. The standard InChI is InChI=1S/C10H6ClFN2OS.C5H9NO/c11-6-1-5(2-7(12)3-6)10-14-4-8(16-10)9(13)15;1-4-2-5(7)6-3-4/h1-4H,(H2,13,15);4H,2-3H2,1H3,(H,6,7). The molecule has 0 aliphatic carbocycles. The zero-order chi connectivity index (χ0) is 17.0. The van der Waals surface area contributed by atoms with Crippen molar-refractivity contribution in [1.82, 2.24) is 10.3 Å². The fraction of sp³-hybridized carbons (Fsp3) is 0.267. The normalized spacial score (nSPS) is 16.5. The Morgan fingerprint density at radius 1 is 1.48 bits per heavy atom. The van der Waals surface area contributed by atoms with Crippen LogP contribution in [-0.2, 0) is 4.79 Å². The Kier molecular flexibility index (Phi) is 5.68. The number of aromatic nitrogens is 1. The number of benzene rings is 1. The molecule has 0 saturated carbocycles. The summed E-state index contributed by atoms with van der Waals surface area (Å²) < 4.78 is 13.1. The van der Waals surface area contributed by atoms with Crippen LogP contribution in [-0.4, -0.2) is 23.3 Å². The second-order valence-corrected chi connectivity index (χ2v) is 6.63. The molecule has 2 amide bonds. The van der Waals surface area contributed by atoms with Crippen molar-refractivity contribution >= 4 is 34.8 Å². The number of hydrogen-bond donors (Lipinski definition) is 2. The van der Waals surface area contributed by atoms with Gasteiger partial charge in [-0.1, -0.05) is 18.5 Å². The van der Waals surface area contributed by atoms with Gasteiger partial charge in [-0.25, -0.2) is 9.37 Å². The van der Waals surface area contributed by atoms with Crippen LogP contribution in [0, 0.1) is 11.7 Å². The molecule has 1 aliphatic rings. The first-order valence-electron chi connectivity index (χ1n) is 6.84. The first-order chi connectivity index (χ1) is 10.8. The van der Waals surface area contributed by atoms with Crippen LogP contribution in [0.2, 0.25) is 5.02 Å². The van der Waals surface area contributed by atoms with E-state index < -0.39 is 11.7 Å². The number of nitrogens with zero attached hydrogens (tertiary/aromatic N) is 1. The zero-order valence-electron chi connectivity index (χ0n) is 12.3. The lowest BCUT2D eigenvalue weighted by Crippen LogP contribution is -2.13. The van der Waals surface area contributed by atoms with E-state index in [1.165, 1.54) is 18.3 Å². The van der Waals surface area contributed by atoms with E-state index in [1.807, 2.05) is 0 Å². The van der Waals surface area contributed by atoms with Crippen molar-refractivity contribution in [3.8, 4) is 10.6 Å². The van der Waals surface area contributed by atoms with Crippen LogP contribution in [0.15, 0.2) is 24.4 Å². The second-order valence-electron chi connectivity index (χ2n) is 5.17. The maximum Gasteiger partial charge on any atom is 0.260 e. The molecule has 2 heterocycles. The summed E-state index contributed by atoms with van der Waals surface area (Å²) in [6, 6.07) is 4.08. The Morgan fingerprint density at radius 2 is 2.22 bits per heavy atom. The van der Waals surface area contributed by atoms with Crippen molar-refractivity contribution in [2.45, 2.75) is 13.3 Å². The lowest BCUT2D eigenvalue weighted by atomic mass is 10.2. The van der Waals surface area contributed by atoms with Crippen LogP contribution < -0.4 is 11.1 Å². The SMILES string of the molecule is CC1CNC(=O)C1.NC(=O)c1cnc(-c2cc(F)cc(Cl)c2)s1. The van der Waals surface area contributed by atoms with Crippen LogP contribution in [0.25, 0.3) is 10.6 Å². The van der Waals surface area contributed by atoms with Gasteiger partial charge in [-0.05, 0) is 24.1 Å². The molecule has 1 aromatic heterocycles. The van der Waals surface area contributed by atoms with Crippen molar-refractivity contribution in [1.29, 1.82) is 0 Å². The fourth-order valence-corrected chi connectivity index (χ4v) is 2.92. The number of carbonyl (C=O) groups excluding carboxylic acids is 2. The van der Waals surface area contributed by atoms with E-state index in [-0.39, 0.29) is 10.9 Å². The summed E-state index contributed by atoms with van der Waals surface area (Å²) in [5, 5.41) is 3.52. The lowest BCUT2D eigenvalue weighted by Gasteiger charge is -1.97. The van der Waals surface area contributed by atoms with Gasteiger partial charge >= 0.3 is 0 Å². The van der Waals surface area contributed by atoms with Gasteiger partial charge in [0.05, 0.1) is 6.20 Å². The minimum absolute atomic E-state index is 0.201. The summed E-state index contributed by atoms with van der Waals surface area (Å²) in [5.41, 5.74) is 5.63. The van der Waals surface area contributed by atoms with E-state index in [4.69, 9.17) is 17.3 Å². The monoisotopic (exact) mass is 355 g/mol. The van der Waals surface area contributed by atoms with Crippen LogP contribution in [0.5, 0.6) is 0 Å². The van der Waals surface area contributed by atoms with E-state index in [2.05, 4.69) is 17.2 Å². The Hall–Kier alpha value is -1.99. The summed E-state index contributed by atoms with van der Waals surface area (Å²) >= 11 is 6.82. The van der Waals surface area contributed by atoms with Crippen molar-refractivity contribution in [3.63, 3.8) is 0 Å². The quantitative estimate of drug-likeness (QED) is 0.868. The second kappa shape index (κ2) is 7.52. The highest BCUT2D eigenvalue weighted by Gasteiger charge is 2.15. The summed E-state index contributed by atoms with van der Waals surface area (Å²) in [6.07, 6.45) is 2.08.